The van der Waals surface area contributed by atoms with Gasteiger partial charge in [0.05, 0.1) is 26.4 Å². The van der Waals surface area contributed by atoms with E-state index in [0.29, 0.717) is 31.6 Å². The third-order valence-corrected chi connectivity index (χ3v) is 16.0. The van der Waals surface area contributed by atoms with E-state index in [0.717, 1.165) is 128 Å². The number of aliphatic hydroxyl groups is 1. The van der Waals surface area contributed by atoms with Crippen LogP contribution < -0.4 is 0 Å². The monoisotopic (exact) mass is 1220 g/mol. The third-order valence-electron chi connectivity index (χ3n) is 14.1. The highest BCUT2D eigenvalue weighted by Gasteiger charge is 2.30. The van der Waals surface area contributed by atoms with Gasteiger partial charge in [0.2, 0.25) is 0 Å². The van der Waals surface area contributed by atoms with Gasteiger partial charge >= 0.3 is 39.5 Å². The minimum atomic E-state index is -4.95. The van der Waals surface area contributed by atoms with E-state index < -0.39 is 97.5 Å². The van der Waals surface area contributed by atoms with E-state index >= 15 is 0 Å². The highest BCUT2D eigenvalue weighted by Crippen LogP contribution is 2.45. The van der Waals surface area contributed by atoms with Crippen LogP contribution in [-0.2, 0) is 65.4 Å². The highest BCUT2D eigenvalue weighted by atomic mass is 31.2. The Hall–Kier alpha value is -2.46. The molecule has 2 unspecified atom stereocenters. The summed E-state index contributed by atoms with van der Waals surface area (Å²) in [5.41, 5.74) is 0. The quantitative estimate of drug-likeness (QED) is 0.0169. The van der Waals surface area contributed by atoms with Crippen LogP contribution in [0.4, 0.5) is 0 Å². The Bertz CT molecular complexity index is 1720. The first-order valence-corrected chi connectivity index (χ1v) is 35.8. The zero-order valence-electron chi connectivity index (χ0n) is 53.0. The number of hydrogen-bond donors (Lipinski definition) is 3. The lowest BCUT2D eigenvalue weighted by molar-refractivity contribution is -0.161. The van der Waals surface area contributed by atoms with Gasteiger partial charge in [-0.25, -0.2) is 9.13 Å². The first-order chi connectivity index (χ1) is 39.9. The molecule has 0 aromatic heterocycles. The molecule has 5 atom stereocenters. The fourth-order valence-corrected chi connectivity index (χ4v) is 10.6. The van der Waals surface area contributed by atoms with E-state index in [1.165, 1.54) is 77.0 Å². The second kappa shape index (κ2) is 56.1. The van der Waals surface area contributed by atoms with Crippen LogP contribution in [-0.4, -0.2) is 96.7 Å². The molecule has 0 saturated carbocycles. The number of allylic oxidation sites excluding steroid dienone is 4. The van der Waals surface area contributed by atoms with Crippen molar-refractivity contribution in [2.45, 2.75) is 310 Å². The molecular weight excluding hydrogens is 1100 g/mol. The summed E-state index contributed by atoms with van der Waals surface area (Å²) in [6, 6.07) is 0. The summed E-state index contributed by atoms with van der Waals surface area (Å²) < 4.78 is 67.8. The molecular formula is C64H120O17P2. The summed E-state index contributed by atoms with van der Waals surface area (Å²) in [5, 5.41) is 10.5. The van der Waals surface area contributed by atoms with Crippen LogP contribution in [0.15, 0.2) is 24.3 Å². The number of unbranched alkanes of at least 4 members (excludes halogenated alkanes) is 28. The first-order valence-electron chi connectivity index (χ1n) is 32.8. The van der Waals surface area contributed by atoms with Gasteiger partial charge in [-0.3, -0.25) is 37.3 Å². The topological polar surface area (TPSA) is 237 Å². The van der Waals surface area contributed by atoms with Crippen LogP contribution in [0.3, 0.4) is 0 Å². The molecule has 0 amide bonds. The molecule has 3 N–H and O–H groups in total. The largest absolute Gasteiger partial charge is 0.472 e. The number of rotatable bonds is 61. The van der Waals surface area contributed by atoms with E-state index in [9.17, 15) is 43.2 Å². The fraction of sp³-hybridized carbons (Fsp3) is 0.875. The minimum absolute atomic E-state index is 0.0840. The number of phosphoric acid groups is 2. The Labute approximate surface area is 503 Å². The highest BCUT2D eigenvalue weighted by molar-refractivity contribution is 7.47. The number of phosphoric ester groups is 2. The van der Waals surface area contributed by atoms with Gasteiger partial charge in [-0.05, 0) is 63.2 Å². The van der Waals surface area contributed by atoms with Gasteiger partial charge in [0.15, 0.2) is 12.2 Å². The molecule has 0 aliphatic carbocycles. The summed E-state index contributed by atoms with van der Waals surface area (Å²) >= 11 is 0. The zero-order valence-corrected chi connectivity index (χ0v) is 54.8. The molecule has 0 heterocycles. The molecule has 19 heteroatoms. The van der Waals surface area contributed by atoms with Crippen molar-refractivity contribution in [3.63, 3.8) is 0 Å². The summed E-state index contributed by atoms with van der Waals surface area (Å²) in [6.45, 7) is 9.28. The van der Waals surface area contributed by atoms with Gasteiger partial charge in [-0.1, -0.05) is 239 Å². The third kappa shape index (κ3) is 58.3. The average Bonchev–Trinajstić information content (AvgIpc) is 3.44. The molecule has 17 nitrogen and oxygen atoms in total. The van der Waals surface area contributed by atoms with Gasteiger partial charge in [0, 0.05) is 25.7 Å². The van der Waals surface area contributed by atoms with Gasteiger partial charge in [-0.2, -0.15) is 0 Å². The molecule has 0 saturated heterocycles. The fourth-order valence-electron chi connectivity index (χ4n) is 8.99. The first kappa shape index (κ1) is 80.5. The van der Waals surface area contributed by atoms with E-state index in [1.54, 1.807) is 0 Å². The Kier molecular flexibility index (Phi) is 54.4. The van der Waals surface area contributed by atoms with Crippen molar-refractivity contribution in [1.29, 1.82) is 0 Å². The van der Waals surface area contributed by atoms with E-state index in [1.807, 2.05) is 0 Å². The van der Waals surface area contributed by atoms with Crippen LogP contribution in [0.2, 0.25) is 0 Å². The number of hydrogen-bond acceptors (Lipinski definition) is 15. The van der Waals surface area contributed by atoms with Gasteiger partial charge < -0.3 is 33.8 Å². The normalized spacial score (nSPS) is 14.5. The molecule has 0 radical (unpaired) electrons. The van der Waals surface area contributed by atoms with Gasteiger partial charge in [-0.15, -0.1) is 0 Å². The van der Waals surface area contributed by atoms with E-state index in [-0.39, 0.29) is 25.7 Å². The molecule has 83 heavy (non-hydrogen) atoms. The summed E-state index contributed by atoms with van der Waals surface area (Å²) in [5.74, 6) is -0.754. The second-order valence-corrected chi connectivity index (χ2v) is 26.3. The predicted molar refractivity (Wildman–Crippen MR) is 331 cm³/mol. The van der Waals surface area contributed by atoms with Gasteiger partial charge in [0.25, 0.3) is 0 Å². The average molecular weight is 1220 g/mol. The van der Waals surface area contributed by atoms with Crippen LogP contribution >= 0.6 is 15.6 Å². The Balaban J connectivity index is 5.26. The van der Waals surface area contributed by atoms with Crippen LogP contribution in [0, 0.1) is 11.8 Å². The summed E-state index contributed by atoms with van der Waals surface area (Å²) in [4.78, 5) is 72.0. The molecule has 0 aromatic carbocycles. The van der Waals surface area contributed by atoms with Crippen molar-refractivity contribution in [2.24, 2.45) is 11.8 Å². The molecule has 488 valence electrons. The van der Waals surface area contributed by atoms with Crippen LogP contribution in [0.1, 0.15) is 292 Å². The molecule has 0 spiro atoms. The molecule has 0 fully saturated rings. The molecule has 0 rings (SSSR count). The Morgan fingerprint density at radius 3 is 0.988 bits per heavy atom. The smallest absolute Gasteiger partial charge is 0.462 e. The number of esters is 4. The SMILES string of the molecule is CCCCCC/C=C\C=C/CCCCCCCC(=O)O[C@H](COC(=O)CCCCCCCCCCC(C)C)COP(=O)(O)OC[C@@H](O)COP(=O)(O)OC[C@@H](COC(=O)CCCCCCCCC)OC(=O)CCCCCCCCCC(C)C. The lowest BCUT2D eigenvalue weighted by Gasteiger charge is -2.21. The number of aliphatic hydroxyl groups excluding tert-OH is 1. The zero-order chi connectivity index (χ0) is 61.5. The second-order valence-electron chi connectivity index (χ2n) is 23.4. The van der Waals surface area contributed by atoms with Crippen molar-refractivity contribution >= 4 is 39.5 Å². The number of carbonyl (C=O) groups excluding carboxylic acids is 4. The minimum Gasteiger partial charge on any atom is -0.462 e. The van der Waals surface area contributed by atoms with Crippen molar-refractivity contribution in [3.8, 4) is 0 Å². The number of carbonyl (C=O) groups is 4. The molecule has 0 aliphatic rings. The maximum Gasteiger partial charge on any atom is 0.472 e. The Morgan fingerprint density at radius 2 is 0.651 bits per heavy atom. The number of ether oxygens (including phenoxy) is 4. The molecule has 0 aromatic rings. The maximum absolute atomic E-state index is 13.0. The molecule has 0 bridgehead atoms. The Morgan fingerprint density at radius 1 is 0.373 bits per heavy atom. The predicted octanol–water partition coefficient (Wildman–Crippen LogP) is 17.2. The van der Waals surface area contributed by atoms with Crippen molar-refractivity contribution in [1.82, 2.24) is 0 Å². The van der Waals surface area contributed by atoms with Crippen LogP contribution in [0.25, 0.3) is 0 Å². The lowest BCUT2D eigenvalue weighted by Crippen LogP contribution is -2.30. The van der Waals surface area contributed by atoms with Crippen molar-refractivity contribution < 1.29 is 80.2 Å². The van der Waals surface area contributed by atoms with E-state index in [2.05, 4.69) is 65.8 Å². The van der Waals surface area contributed by atoms with Crippen molar-refractivity contribution in [2.75, 3.05) is 39.6 Å². The summed E-state index contributed by atoms with van der Waals surface area (Å²) in [7, 11) is -9.90. The van der Waals surface area contributed by atoms with Gasteiger partial charge in [0.1, 0.15) is 19.3 Å². The van der Waals surface area contributed by atoms with E-state index in [4.69, 9.17) is 37.0 Å². The lowest BCUT2D eigenvalue weighted by atomic mass is 10.0. The van der Waals surface area contributed by atoms with Crippen LogP contribution in [0.5, 0.6) is 0 Å². The summed E-state index contributed by atoms with van der Waals surface area (Å²) in [6.07, 6.45) is 41.4. The maximum atomic E-state index is 13.0. The standard InChI is InChI=1S/C64H120O17P2/c1-7-9-11-13-15-16-17-18-19-20-21-22-30-36-42-48-63(68)80-60(53-75-62(67)47-41-35-29-24-23-27-32-38-44-56(3)4)55-79-83(72,73)77-51-58(65)50-76-82(70,71)78-54-59(52-74-61(66)46-40-34-26-14-12-10-8-2)81-64(69)49-43-37-31-25-28-33-39-45-57(5)6/h16-19,56-60,65H,7-15,20-55H2,1-6H3,(H,70,71)(H,72,73)/b17-16-,19-18-/t58-,59+,60+/m0/s1. The van der Waals surface area contributed by atoms with Crippen molar-refractivity contribution in [3.05, 3.63) is 24.3 Å². The molecule has 0 aliphatic heterocycles.